The average molecular weight is 290 g/mol. The van der Waals surface area contributed by atoms with Gasteiger partial charge in [0.1, 0.15) is 12.1 Å². The molecule has 1 aromatic carbocycles. The Hall–Kier alpha value is -2.21. The zero-order chi connectivity index (χ0) is 14.4. The van der Waals surface area contributed by atoms with Gasteiger partial charge >= 0.3 is 5.97 Å². The van der Waals surface area contributed by atoms with Gasteiger partial charge in [-0.1, -0.05) is 12.1 Å². The van der Waals surface area contributed by atoms with E-state index in [2.05, 4.69) is 9.97 Å². The van der Waals surface area contributed by atoms with E-state index in [0.717, 1.165) is 11.1 Å². The van der Waals surface area contributed by atoms with Crippen LogP contribution in [0.25, 0.3) is 6.08 Å². The lowest BCUT2D eigenvalue weighted by Crippen LogP contribution is -1.91. The average Bonchev–Trinajstić information content (AvgIpc) is 2.45. The van der Waals surface area contributed by atoms with Gasteiger partial charge < -0.3 is 5.11 Å². The molecule has 102 valence electrons. The van der Waals surface area contributed by atoms with Gasteiger partial charge in [0.2, 0.25) is 0 Å². The van der Waals surface area contributed by atoms with Gasteiger partial charge in [-0.25, -0.2) is 19.2 Å². The molecule has 4 nitrogen and oxygen atoms in total. The molecule has 0 radical (unpaired) electrons. The summed E-state index contributed by atoms with van der Waals surface area (Å²) < 4.78 is 13.8. The maximum absolute atomic E-state index is 13.8. The number of aliphatic carboxylic acids is 1. The molecule has 0 amide bonds. The molecule has 1 heterocycles. The van der Waals surface area contributed by atoms with E-state index in [0.29, 0.717) is 16.9 Å². The number of hydrogen-bond donors (Lipinski definition) is 1. The van der Waals surface area contributed by atoms with Crippen LogP contribution in [0.3, 0.4) is 0 Å². The molecule has 2 aromatic rings. The van der Waals surface area contributed by atoms with Gasteiger partial charge in [0.25, 0.3) is 0 Å². The minimum absolute atomic E-state index is 0.362. The highest BCUT2D eigenvalue weighted by atomic mass is 32.2. The number of carbonyl (C=O) groups is 1. The van der Waals surface area contributed by atoms with Crippen molar-refractivity contribution in [2.75, 3.05) is 0 Å². The summed E-state index contributed by atoms with van der Waals surface area (Å²) in [4.78, 5) is 18.2. The van der Waals surface area contributed by atoms with Crippen LogP contribution in [-0.4, -0.2) is 21.0 Å². The maximum atomic E-state index is 13.8. The first kappa shape index (κ1) is 14.2. The molecule has 6 heteroatoms. The van der Waals surface area contributed by atoms with Crippen molar-refractivity contribution in [3.8, 4) is 0 Å². The number of benzene rings is 1. The number of nitrogens with zero attached hydrogens (tertiary/aromatic N) is 2. The third-order valence-electron chi connectivity index (χ3n) is 2.43. The van der Waals surface area contributed by atoms with Crippen molar-refractivity contribution in [3.05, 3.63) is 59.8 Å². The lowest BCUT2D eigenvalue weighted by Gasteiger charge is -2.04. The second-order valence-electron chi connectivity index (χ2n) is 3.86. The molecular weight excluding hydrogens is 279 g/mol. The summed E-state index contributed by atoms with van der Waals surface area (Å²) in [5, 5.41) is 9.29. The molecule has 0 aliphatic carbocycles. The zero-order valence-electron chi connectivity index (χ0n) is 10.4. The summed E-state index contributed by atoms with van der Waals surface area (Å²) in [6.45, 7) is 0. The Morgan fingerprint density at radius 3 is 2.90 bits per heavy atom. The van der Waals surface area contributed by atoms with Gasteiger partial charge in [0.15, 0.2) is 0 Å². The van der Waals surface area contributed by atoms with Gasteiger partial charge in [0.05, 0.1) is 5.03 Å². The summed E-state index contributed by atoms with van der Waals surface area (Å²) in [5.74, 6) is -0.973. The van der Waals surface area contributed by atoms with E-state index in [9.17, 15) is 9.18 Å². The van der Waals surface area contributed by atoms with Crippen LogP contribution >= 0.6 is 11.8 Å². The molecule has 2 rings (SSSR count). The molecule has 20 heavy (non-hydrogen) atoms. The van der Waals surface area contributed by atoms with Gasteiger partial charge in [-0.05, 0) is 29.3 Å². The number of thioether (sulfide) groups is 1. The van der Waals surface area contributed by atoms with Crippen molar-refractivity contribution in [1.29, 1.82) is 0 Å². The highest BCUT2D eigenvalue weighted by Crippen LogP contribution is 2.22. The van der Waals surface area contributed by atoms with Gasteiger partial charge in [-0.3, -0.25) is 0 Å². The number of halogens is 1. The maximum Gasteiger partial charge on any atom is 0.328 e. The number of carboxylic acid groups (broad SMARTS) is 1. The standard InChI is InChI=1S/C14H11FN2O2S/c15-12-7-10(2-4-14(18)19)1-3-11(12)8-20-13-5-6-16-9-17-13/h1-7,9H,8H2,(H,18,19). The van der Waals surface area contributed by atoms with Crippen LogP contribution < -0.4 is 0 Å². The molecule has 0 spiro atoms. The number of rotatable bonds is 5. The first-order valence-electron chi connectivity index (χ1n) is 5.73. The Labute approximate surface area is 119 Å². The molecule has 1 aromatic heterocycles. The predicted molar refractivity (Wildman–Crippen MR) is 74.7 cm³/mol. The summed E-state index contributed by atoms with van der Waals surface area (Å²) >= 11 is 1.41. The molecule has 0 aliphatic heterocycles. The molecule has 0 fully saturated rings. The van der Waals surface area contributed by atoms with E-state index in [4.69, 9.17) is 5.11 Å². The van der Waals surface area contributed by atoms with Crippen LogP contribution in [0.1, 0.15) is 11.1 Å². The first-order valence-corrected chi connectivity index (χ1v) is 6.72. The lowest BCUT2D eigenvalue weighted by molar-refractivity contribution is -0.131. The van der Waals surface area contributed by atoms with Crippen LogP contribution in [0.15, 0.2) is 47.9 Å². The Balaban J connectivity index is 2.04. The molecule has 0 aliphatic rings. The summed E-state index contributed by atoms with van der Waals surface area (Å²) in [6.07, 6.45) is 5.40. The SMILES string of the molecule is O=C(O)C=Cc1ccc(CSc2ccncn2)c(F)c1. The summed E-state index contributed by atoms with van der Waals surface area (Å²) in [5.41, 5.74) is 1.06. The monoisotopic (exact) mass is 290 g/mol. The van der Waals surface area contributed by atoms with Gasteiger partial charge in [0, 0.05) is 18.0 Å². The second kappa shape index (κ2) is 6.81. The van der Waals surface area contributed by atoms with Crippen LogP contribution in [0.4, 0.5) is 4.39 Å². The first-order chi connectivity index (χ1) is 9.65. The zero-order valence-corrected chi connectivity index (χ0v) is 11.2. The normalized spacial score (nSPS) is 10.8. The molecule has 0 unspecified atom stereocenters. The summed E-state index contributed by atoms with van der Waals surface area (Å²) in [6, 6.07) is 6.39. The fourth-order valence-corrected chi connectivity index (χ4v) is 2.28. The lowest BCUT2D eigenvalue weighted by atomic mass is 10.1. The third-order valence-corrected chi connectivity index (χ3v) is 3.42. The quantitative estimate of drug-likeness (QED) is 0.521. The smallest absolute Gasteiger partial charge is 0.328 e. The van der Waals surface area contributed by atoms with Crippen molar-refractivity contribution in [1.82, 2.24) is 9.97 Å². The minimum Gasteiger partial charge on any atom is -0.478 e. The van der Waals surface area contributed by atoms with Crippen molar-refractivity contribution >= 4 is 23.8 Å². The second-order valence-corrected chi connectivity index (χ2v) is 4.85. The fraction of sp³-hybridized carbons (Fsp3) is 0.0714. The number of aromatic nitrogens is 2. The molecule has 1 N–H and O–H groups in total. The summed E-state index contributed by atoms with van der Waals surface area (Å²) in [7, 11) is 0. The van der Waals surface area contributed by atoms with Crippen molar-refractivity contribution in [2.45, 2.75) is 10.8 Å². The molecule has 0 saturated heterocycles. The third kappa shape index (κ3) is 4.17. The van der Waals surface area contributed by atoms with E-state index in [1.807, 2.05) is 0 Å². The van der Waals surface area contributed by atoms with Crippen molar-refractivity contribution in [2.24, 2.45) is 0 Å². The van der Waals surface area contributed by atoms with Crippen LogP contribution in [-0.2, 0) is 10.5 Å². The van der Waals surface area contributed by atoms with E-state index < -0.39 is 5.97 Å². The Morgan fingerprint density at radius 1 is 1.40 bits per heavy atom. The van der Waals surface area contributed by atoms with Crippen LogP contribution in [0.5, 0.6) is 0 Å². The highest BCUT2D eigenvalue weighted by molar-refractivity contribution is 7.98. The van der Waals surface area contributed by atoms with Crippen molar-refractivity contribution < 1.29 is 14.3 Å². The van der Waals surface area contributed by atoms with Crippen molar-refractivity contribution in [3.63, 3.8) is 0 Å². The number of hydrogen-bond acceptors (Lipinski definition) is 4. The van der Waals surface area contributed by atoms with E-state index in [1.54, 1.807) is 24.4 Å². The predicted octanol–water partition coefficient (Wildman–Crippen LogP) is 3.01. The highest BCUT2D eigenvalue weighted by Gasteiger charge is 2.04. The van der Waals surface area contributed by atoms with Gasteiger partial charge in [-0.15, -0.1) is 11.8 Å². The number of carboxylic acids is 1. The fourth-order valence-electron chi connectivity index (χ4n) is 1.47. The molecular formula is C14H11FN2O2S. The topological polar surface area (TPSA) is 63.1 Å². The Bertz CT molecular complexity index is 632. The van der Waals surface area contributed by atoms with Crippen LogP contribution in [0, 0.1) is 5.82 Å². The van der Waals surface area contributed by atoms with Gasteiger partial charge in [-0.2, -0.15) is 0 Å². The van der Waals surface area contributed by atoms with Crippen LogP contribution in [0.2, 0.25) is 0 Å². The van der Waals surface area contributed by atoms with E-state index >= 15 is 0 Å². The Kier molecular flexibility index (Phi) is 4.84. The molecule has 0 atom stereocenters. The minimum atomic E-state index is -1.06. The molecule has 0 bridgehead atoms. The Morgan fingerprint density at radius 2 is 2.25 bits per heavy atom. The van der Waals surface area contributed by atoms with E-state index in [-0.39, 0.29) is 5.82 Å². The molecule has 0 saturated carbocycles. The largest absolute Gasteiger partial charge is 0.478 e. The van der Waals surface area contributed by atoms with E-state index in [1.165, 1.54) is 30.2 Å².